The van der Waals surface area contributed by atoms with Gasteiger partial charge in [-0.1, -0.05) is 5.16 Å². The highest BCUT2D eigenvalue weighted by Crippen LogP contribution is 2.33. The van der Waals surface area contributed by atoms with Gasteiger partial charge < -0.3 is 9.26 Å². The van der Waals surface area contributed by atoms with Crippen LogP contribution in [0.15, 0.2) is 21.6 Å². The zero-order valence-electron chi connectivity index (χ0n) is 15.2. The predicted molar refractivity (Wildman–Crippen MR) is 101 cm³/mol. The number of aromatic nitrogens is 4. The molecular weight excluding hydrogens is 362 g/mol. The first kappa shape index (κ1) is 17.0. The van der Waals surface area contributed by atoms with Gasteiger partial charge in [-0.25, -0.2) is 4.98 Å². The van der Waals surface area contributed by atoms with Crippen LogP contribution >= 0.6 is 11.3 Å². The van der Waals surface area contributed by atoms with E-state index in [2.05, 4.69) is 25.0 Å². The molecule has 8 heteroatoms. The molecule has 0 unspecified atom stereocenters. The van der Waals surface area contributed by atoms with Gasteiger partial charge in [0.2, 0.25) is 5.82 Å². The van der Waals surface area contributed by atoms with Gasteiger partial charge in [0.25, 0.3) is 5.89 Å². The van der Waals surface area contributed by atoms with Crippen LogP contribution in [0.4, 0.5) is 0 Å². The molecule has 2 aliphatic heterocycles. The lowest BCUT2D eigenvalue weighted by Crippen LogP contribution is -2.42. The molecule has 0 aromatic carbocycles. The molecule has 0 N–H and O–H groups in total. The largest absolute Gasteiger partial charge is 0.381 e. The van der Waals surface area contributed by atoms with E-state index in [4.69, 9.17) is 9.26 Å². The highest BCUT2D eigenvalue weighted by atomic mass is 32.1. The van der Waals surface area contributed by atoms with Gasteiger partial charge in [-0.15, -0.1) is 11.3 Å². The highest BCUT2D eigenvalue weighted by Gasteiger charge is 2.28. The molecule has 5 rings (SSSR count). The summed E-state index contributed by atoms with van der Waals surface area (Å²) in [4.78, 5) is 16.1. The van der Waals surface area contributed by atoms with Gasteiger partial charge in [-0.2, -0.15) is 4.98 Å². The molecule has 0 bridgehead atoms. The third-order valence-corrected chi connectivity index (χ3v) is 6.08. The quantitative estimate of drug-likeness (QED) is 0.688. The molecule has 0 saturated carbocycles. The standard InChI is InChI=1S/C19H21N5O2S/c1-12-17(18-22-19(26-23-18)16-10-27-11-21-16)15-2-5-24(9-13(15)8-20-12)14-3-6-25-7-4-14/h8,10-11,14H,2-7,9H2,1H3. The average molecular weight is 383 g/mol. The average Bonchev–Trinajstić information content (AvgIpc) is 3.40. The molecule has 140 valence electrons. The Morgan fingerprint density at radius 1 is 1.22 bits per heavy atom. The summed E-state index contributed by atoms with van der Waals surface area (Å²) in [5, 5.41) is 6.14. The van der Waals surface area contributed by atoms with Gasteiger partial charge in [-0.3, -0.25) is 9.88 Å². The van der Waals surface area contributed by atoms with Crippen molar-refractivity contribution >= 4 is 11.3 Å². The van der Waals surface area contributed by atoms with E-state index in [9.17, 15) is 0 Å². The van der Waals surface area contributed by atoms with E-state index in [1.54, 1.807) is 5.51 Å². The molecule has 1 fully saturated rings. The minimum atomic E-state index is 0.461. The van der Waals surface area contributed by atoms with Crippen LogP contribution in [-0.2, 0) is 17.7 Å². The first-order valence-corrected chi connectivity index (χ1v) is 10.3. The van der Waals surface area contributed by atoms with Crippen molar-refractivity contribution in [3.05, 3.63) is 33.9 Å². The van der Waals surface area contributed by atoms with Crippen molar-refractivity contribution in [1.29, 1.82) is 0 Å². The van der Waals surface area contributed by atoms with E-state index >= 15 is 0 Å². The molecule has 0 aliphatic carbocycles. The summed E-state index contributed by atoms with van der Waals surface area (Å²) < 4.78 is 11.0. The fraction of sp³-hybridized carbons (Fsp3) is 0.474. The van der Waals surface area contributed by atoms with Crippen LogP contribution < -0.4 is 0 Å². The number of nitrogens with zero attached hydrogens (tertiary/aromatic N) is 5. The SMILES string of the molecule is Cc1ncc2c(c1-c1noc(-c3cscn3)n1)CCN(C1CCOCC1)C2. The minimum absolute atomic E-state index is 0.461. The van der Waals surface area contributed by atoms with Crippen LogP contribution in [0.25, 0.3) is 23.0 Å². The summed E-state index contributed by atoms with van der Waals surface area (Å²) in [5.41, 5.74) is 7.02. The fourth-order valence-electron chi connectivity index (χ4n) is 4.08. The monoisotopic (exact) mass is 383 g/mol. The molecule has 0 atom stereocenters. The zero-order valence-corrected chi connectivity index (χ0v) is 16.0. The maximum absolute atomic E-state index is 5.52. The summed E-state index contributed by atoms with van der Waals surface area (Å²) in [5.74, 6) is 1.07. The van der Waals surface area contributed by atoms with Crippen LogP contribution in [0.3, 0.4) is 0 Å². The Balaban J connectivity index is 1.46. The van der Waals surface area contributed by atoms with Gasteiger partial charge in [0, 0.05) is 55.2 Å². The number of ether oxygens (including phenoxy) is 1. The van der Waals surface area contributed by atoms with Crippen molar-refractivity contribution < 1.29 is 9.26 Å². The molecule has 0 spiro atoms. The molecule has 0 amide bonds. The normalized spacial score (nSPS) is 18.6. The summed E-state index contributed by atoms with van der Waals surface area (Å²) in [6.45, 7) is 5.72. The molecule has 5 heterocycles. The van der Waals surface area contributed by atoms with Gasteiger partial charge in [0.05, 0.1) is 5.51 Å². The molecule has 0 radical (unpaired) electrons. The van der Waals surface area contributed by atoms with Crippen molar-refractivity contribution in [3.63, 3.8) is 0 Å². The topological polar surface area (TPSA) is 77.2 Å². The first-order valence-electron chi connectivity index (χ1n) is 9.31. The summed E-state index contributed by atoms with van der Waals surface area (Å²) in [6.07, 6.45) is 5.22. The maximum Gasteiger partial charge on any atom is 0.277 e. The van der Waals surface area contributed by atoms with E-state index in [1.165, 1.54) is 22.5 Å². The Hall–Kier alpha value is -2.16. The molecule has 1 saturated heterocycles. The molecular formula is C19H21N5O2S. The molecule has 3 aromatic heterocycles. The fourth-order valence-corrected chi connectivity index (χ4v) is 4.60. The van der Waals surface area contributed by atoms with Gasteiger partial charge >= 0.3 is 0 Å². The number of hydrogen-bond acceptors (Lipinski definition) is 8. The van der Waals surface area contributed by atoms with Crippen LogP contribution in [0.1, 0.15) is 29.7 Å². The van der Waals surface area contributed by atoms with Crippen LogP contribution in [0.2, 0.25) is 0 Å². The number of aryl methyl sites for hydroxylation is 1. The van der Waals surface area contributed by atoms with E-state index < -0.39 is 0 Å². The number of fused-ring (bicyclic) bond motifs is 1. The van der Waals surface area contributed by atoms with E-state index in [0.29, 0.717) is 17.8 Å². The molecule has 2 aliphatic rings. The third-order valence-electron chi connectivity index (χ3n) is 5.50. The van der Waals surface area contributed by atoms with Crippen molar-refractivity contribution in [2.75, 3.05) is 19.8 Å². The van der Waals surface area contributed by atoms with Gasteiger partial charge in [0.1, 0.15) is 5.69 Å². The second-order valence-corrected chi connectivity index (χ2v) is 7.80. The third kappa shape index (κ3) is 3.18. The van der Waals surface area contributed by atoms with Crippen LogP contribution in [0, 0.1) is 6.92 Å². The maximum atomic E-state index is 5.52. The smallest absolute Gasteiger partial charge is 0.277 e. The summed E-state index contributed by atoms with van der Waals surface area (Å²) >= 11 is 1.51. The lowest BCUT2D eigenvalue weighted by molar-refractivity contribution is 0.0290. The Morgan fingerprint density at radius 2 is 2.11 bits per heavy atom. The summed E-state index contributed by atoms with van der Waals surface area (Å²) in [7, 11) is 0. The van der Waals surface area contributed by atoms with Gasteiger partial charge in [-0.05, 0) is 37.3 Å². The minimum Gasteiger partial charge on any atom is -0.381 e. The first-order chi connectivity index (χ1) is 13.3. The Morgan fingerprint density at radius 3 is 2.93 bits per heavy atom. The molecule has 3 aromatic rings. The number of thiazole rings is 1. The van der Waals surface area contributed by atoms with Gasteiger partial charge in [0.15, 0.2) is 0 Å². The van der Waals surface area contributed by atoms with Crippen molar-refractivity contribution in [2.24, 2.45) is 0 Å². The zero-order chi connectivity index (χ0) is 18.2. The van der Waals surface area contributed by atoms with Crippen LogP contribution in [0.5, 0.6) is 0 Å². The second kappa shape index (κ2) is 7.10. The lowest BCUT2D eigenvalue weighted by Gasteiger charge is -2.37. The predicted octanol–water partition coefficient (Wildman–Crippen LogP) is 3.10. The van der Waals surface area contributed by atoms with Crippen molar-refractivity contribution in [2.45, 2.75) is 38.8 Å². The van der Waals surface area contributed by atoms with Crippen LogP contribution in [-0.4, -0.2) is 50.8 Å². The number of pyridine rings is 1. The lowest BCUT2D eigenvalue weighted by atomic mass is 9.93. The van der Waals surface area contributed by atoms with E-state index in [1.807, 2.05) is 18.5 Å². The number of hydrogen-bond donors (Lipinski definition) is 0. The molecule has 7 nitrogen and oxygen atoms in total. The molecule has 27 heavy (non-hydrogen) atoms. The van der Waals surface area contributed by atoms with E-state index in [0.717, 1.165) is 62.5 Å². The Bertz CT molecular complexity index is 934. The Kier molecular flexibility index (Phi) is 4.47. The second-order valence-electron chi connectivity index (χ2n) is 7.08. The highest BCUT2D eigenvalue weighted by molar-refractivity contribution is 7.07. The van der Waals surface area contributed by atoms with Crippen molar-refractivity contribution in [1.82, 2.24) is 25.0 Å². The Labute approximate surface area is 161 Å². The van der Waals surface area contributed by atoms with Crippen molar-refractivity contribution in [3.8, 4) is 23.0 Å². The number of rotatable bonds is 3. The summed E-state index contributed by atoms with van der Waals surface area (Å²) in [6, 6.07) is 0.609. The van der Waals surface area contributed by atoms with E-state index in [-0.39, 0.29) is 0 Å².